The largest absolute Gasteiger partial charge is 0.510 e. The van der Waals surface area contributed by atoms with Gasteiger partial charge in [0.15, 0.2) is 0 Å². The SMILES string of the molecule is CC(C)c1ccc(N/C(SCC(O)=C(C#N)c2nc3ccccc3s2)=C(\C#N)c2nc3ccccc3s2)cc1. The first kappa shape index (κ1) is 26.5. The monoisotopic (exact) mass is 565 g/mol. The zero-order chi connectivity index (χ0) is 27.4. The number of para-hydroxylation sites is 2. The van der Waals surface area contributed by atoms with E-state index in [1.807, 2.05) is 60.7 Å². The highest BCUT2D eigenvalue weighted by atomic mass is 32.2. The number of aliphatic hydroxyl groups is 1. The van der Waals surface area contributed by atoms with Gasteiger partial charge < -0.3 is 10.4 Å². The summed E-state index contributed by atoms with van der Waals surface area (Å²) in [6.45, 7) is 4.27. The average Bonchev–Trinajstić information content (AvgIpc) is 3.57. The Morgan fingerprint density at radius 1 is 0.846 bits per heavy atom. The number of fused-ring (bicyclic) bond motifs is 2. The maximum Gasteiger partial charge on any atom is 0.138 e. The van der Waals surface area contributed by atoms with Gasteiger partial charge in [0.05, 0.1) is 31.2 Å². The molecule has 0 aliphatic carbocycles. The highest BCUT2D eigenvalue weighted by Gasteiger charge is 2.19. The van der Waals surface area contributed by atoms with Crippen LogP contribution in [0.1, 0.15) is 35.3 Å². The van der Waals surface area contributed by atoms with E-state index in [4.69, 9.17) is 0 Å². The van der Waals surface area contributed by atoms with Crippen molar-refractivity contribution in [2.75, 3.05) is 11.1 Å². The van der Waals surface area contributed by atoms with Crippen LogP contribution in [-0.2, 0) is 0 Å². The van der Waals surface area contributed by atoms with Crippen molar-refractivity contribution in [1.82, 2.24) is 9.97 Å². The summed E-state index contributed by atoms with van der Waals surface area (Å²) >= 11 is 4.05. The molecule has 192 valence electrons. The average molecular weight is 566 g/mol. The molecule has 39 heavy (non-hydrogen) atoms. The summed E-state index contributed by atoms with van der Waals surface area (Å²) in [5.41, 5.74) is 4.12. The van der Waals surface area contributed by atoms with Crippen molar-refractivity contribution < 1.29 is 5.11 Å². The Hall–Kier alpha value is -4.15. The Balaban J connectivity index is 1.51. The molecule has 0 saturated heterocycles. The molecule has 9 heteroatoms. The number of allylic oxidation sites excluding steroid dienone is 2. The second-order valence-corrected chi connectivity index (χ2v) is 12.0. The number of aliphatic hydroxyl groups excluding tert-OH is 1. The highest BCUT2D eigenvalue weighted by Crippen LogP contribution is 2.35. The molecule has 0 bridgehead atoms. The van der Waals surface area contributed by atoms with Crippen LogP contribution in [0.5, 0.6) is 0 Å². The van der Waals surface area contributed by atoms with Crippen molar-refractivity contribution in [1.29, 1.82) is 10.5 Å². The molecule has 0 fully saturated rings. The number of nitrogens with zero attached hydrogens (tertiary/aromatic N) is 4. The summed E-state index contributed by atoms with van der Waals surface area (Å²) < 4.78 is 1.92. The molecule has 2 aromatic heterocycles. The quantitative estimate of drug-likeness (QED) is 0.143. The fourth-order valence-corrected chi connectivity index (χ4v) is 6.77. The lowest BCUT2D eigenvalue weighted by Crippen LogP contribution is -2.03. The number of nitriles is 2. The summed E-state index contributed by atoms with van der Waals surface area (Å²) in [6, 6.07) is 27.8. The van der Waals surface area contributed by atoms with E-state index in [9.17, 15) is 15.6 Å². The molecule has 0 unspecified atom stereocenters. The minimum atomic E-state index is -0.0994. The number of hydrogen-bond donors (Lipinski definition) is 2. The Labute approximate surface area is 238 Å². The van der Waals surface area contributed by atoms with Crippen molar-refractivity contribution in [3.63, 3.8) is 0 Å². The summed E-state index contributed by atoms with van der Waals surface area (Å²) in [7, 11) is 0. The van der Waals surface area contributed by atoms with Crippen molar-refractivity contribution in [2.24, 2.45) is 0 Å². The predicted octanol–water partition coefficient (Wildman–Crippen LogP) is 8.56. The minimum absolute atomic E-state index is 0.0707. The Morgan fingerprint density at radius 2 is 1.38 bits per heavy atom. The molecule has 0 radical (unpaired) electrons. The topological polar surface area (TPSA) is 106 Å². The molecule has 0 amide bonds. The predicted molar refractivity (Wildman–Crippen MR) is 164 cm³/mol. The van der Waals surface area contributed by atoms with Crippen molar-refractivity contribution in [2.45, 2.75) is 19.8 Å². The van der Waals surface area contributed by atoms with Gasteiger partial charge in [-0.25, -0.2) is 9.97 Å². The third kappa shape index (κ3) is 5.81. The molecule has 0 spiro atoms. The summed E-state index contributed by atoms with van der Waals surface area (Å²) in [6.07, 6.45) is 0. The van der Waals surface area contributed by atoms with E-state index < -0.39 is 0 Å². The van der Waals surface area contributed by atoms with E-state index in [1.165, 1.54) is 40.0 Å². The zero-order valence-corrected chi connectivity index (χ0v) is 23.6. The first-order chi connectivity index (χ1) is 19.0. The minimum Gasteiger partial charge on any atom is -0.510 e. The first-order valence-corrected chi connectivity index (χ1v) is 14.8. The fraction of sp³-hybridized carbons (Fsp3) is 0.133. The molecule has 0 atom stereocenters. The number of thioether (sulfide) groups is 1. The number of rotatable bonds is 8. The third-order valence-corrected chi connectivity index (χ3v) is 9.06. The third-order valence-electron chi connectivity index (χ3n) is 5.94. The van der Waals surface area contributed by atoms with Crippen molar-refractivity contribution in [3.05, 3.63) is 99.2 Å². The highest BCUT2D eigenvalue weighted by molar-refractivity contribution is 8.03. The summed E-state index contributed by atoms with van der Waals surface area (Å²) in [4.78, 5) is 9.21. The molecule has 0 aliphatic heterocycles. The summed E-state index contributed by atoms with van der Waals surface area (Å²) in [5.74, 6) is 0.369. The van der Waals surface area contributed by atoms with Crippen LogP contribution in [-0.4, -0.2) is 20.8 Å². The van der Waals surface area contributed by atoms with E-state index in [0.29, 0.717) is 26.5 Å². The smallest absolute Gasteiger partial charge is 0.138 e. The summed E-state index contributed by atoms with van der Waals surface area (Å²) in [5, 5.41) is 36.0. The molecule has 0 saturated carbocycles. The molecule has 2 heterocycles. The van der Waals surface area contributed by atoms with Gasteiger partial charge in [-0.05, 0) is 47.9 Å². The second kappa shape index (κ2) is 11.7. The van der Waals surface area contributed by atoms with Gasteiger partial charge in [-0.15, -0.1) is 22.7 Å². The number of anilines is 1. The Kier molecular flexibility index (Phi) is 7.94. The van der Waals surface area contributed by atoms with Gasteiger partial charge in [-0.2, -0.15) is 10.5 Å². The van der Waals surface area contributed by atoms with Crippen molar-refractivity contribution >= 4 is 71.7 Å². The van der Waals surface area contributed by atoms with E-state index >= 15 is 0 Å². The number of thiazole rings is 2. The van der Waals surface area contributed by atoms with Gasteiger partial charge in [0, 0.05) is 5.69 Å². The maximum absolute atomic E-state index is 11.0. The molecule has 6 nitrogen and oxygen atoms in total. The molecule has 0 aliphatic rings. The molecule has 5 rings (SSSR count). The van der Waals surface area contributed by atoms with Gasteiger partial charge >= 0.3 is 0 Å². The molecular weight excluding hydrogens is 543 g/mol. The first-order valence-electron chi connectivity index (χ1n) is 12.1. The number of aromatic nitrogens is 2. The Bertz CT molecular complexity index is 1730. The van der Waals surface area contributed by atoms with Gasteiger partial charge in [-0.1, -0.05) is 62.0 Å². The second-order valence-electron chi connectivity index (χ2n) is 8.91. The lowest BCUT2D eigenvalue weighted by atomic mass is 10.0. The molecule has 3 aromatic carbocycles. The van der Waals surface area contributed by atoms with Crippen LogP contribution in [0, 0.1) is 22.7 Å². The van der Waals surface area contributed by atoms with Gasteiger partial charge in [0.2, 0.25) is 0 Å². The normalized spacial score (nSPS) is 12.6. The van der Waals surface area contributed by atoms with Crippen LogP contribution >= 0.6 is 34.4 Å². The lowest BCUT2D eigenvalue weighted by molar-refractivity contribution is 0.421. The van der Waals surface area contributed by atoms with E-state index in [0.717, 1.165) is 26.1 Å². The van der Waals surface area contributed by atoms with E-state index in [-0.39, 0.29) is 17.1 Å². The number of benzene rings is 3. The zero-order valence-electron chi connectivity index (χ0n) is 21.2. The van der Waals surface area contributed by atoms with Gasteiger partial charge in [0.25, 0.3) is 0 Å². The van der Waals surface area contributed by atoms with Crippen molar-refractivity contribution in [3.8, 4) is 12.1 Å². The molecular formula is C30H23N5OS3. The van der Waals surface area contributed by atoms with E-state index in [1.54, 1.807) is 0 Å². The lowest BCUT2D eigenvalue weighted by Gasteiger charge is -2.14. The Morgan fingerprint density at radius 3 is 1.90 bits per heavy atom. The van der Waals surface area contributed by atoms with Crippen LogP contribution in [0.4, 0.5) is 5.69 Å². The van der Waals surface area contributed by atoms with Crippen LogP contribution in [0.3, 0.4) is 0 Å². The number of hydrogen-bond acceptors (Lipinski definition) is 9. The maximum atomic E-state index is 11.0. The van der Waals surface area contributed by atoms with Crippen LogP contribution in [0.15, 0.2) is 83.6 Å². The van der Waals surface area contributed by atoms with Gasteiger partial charge in [-0.3, -0.25) is 0 Å². The molecule has 5 aromatic rings. The van der Waals surface area contributed by atoms with Gasteiger partial charge in [0.1, 0.15) is 39.1 Å². The fourth-order valence-electron chi connectivity index (χ4n) is 3.86. The number of nitrogens with one attached hydrogen (secondary N) is 1. The van der Waals surface area contributed by atoms with Crippen LogP contribution < -0.4 is 5.32 Å². The van der Waals surface area contributed by atoms with E-state index in [2.05, 4.69) is 53.4 Å². The van der Waals surface area contributed by atoms with Crippen LogP contribution in [0.25, 0.3) is 31.6 Å². The van der Waals surface area contributed by atoms with Crippen LogP contribution in [0.2, 0.25) is 0 Å². The standard InChI is InChI=1S/C30H23N5OS3/c1-18(2)19-11-13-20(14-12-19)33-28(22(16-32)30-35-24-8-4-6-10-27(24)39-30)37-17-25(36)21(15-31)29-34-23-7-3-5-9-26(23)38-29/h3-14,18,33,36H,17H2,1-2H3/b25-21?,28-22-. The molecule has 2 N–H and O–H groups in total.